The highest BCUT2D eigenvalue weighted by Crippen LogP contribution is 2.29. The number of aliphatic imine (C=N–C) groups is 1. The van der Waals surface area contributed by atoms with E-state index in [2.05, 4.69) is 34.3 Å². The molecule has 0 aliphatic carbocycles. The number of nitrogens with zero attached hydrogens (tertiary/aromatic N) is 5. The van der Waals surface area contributed by atoms with Gasteiger partial charge in [-0.15, -0.1) is 0 Å². The van der Waals surface area contributed by atoms with E-state index in [0.29, 0.717) is 16.6 Å². The summed E-state index contributed by atoms with van der Waals surface area (Å²) in [5.41, 5.74) is 3.01. The first-order valence-electron chi connectivity index (χ1n) is 11.3. The van der Waals surface area contributed by atoms with Crippen molar-refractivity contribution in [2.45, 2.75) is 13.8 Å². The van der Waals surface area contributed by atoms with E-state index < -0.39 is 0 Å². The number of carbonyl (C=O) groups is 2. The second kappa shape index (κ2) is 11.0. The third-order valence-electron chi connectivity index (χ3n) is 5.34. The van der Waals surface area contributed by atoms with Gasteiger partial charge in [0.1, 0.15) is 5.70 Å². The van der Waals surface area contributed by atoms with Crippen molar-refractivity contribution in [1.82, 2.24) is 5.27 Å². The molecule has 0 radical (unpaired) electrons. The van der Waals surface area contributed by atoms with Crippen molar-refractivity contribution in [2.75, 3.05) is 34.0 Å². The Morgan fingerprint density at radius 2 is 1.86 bits per heavy atom. The predicted molar refractivity (Wildman–Crippen MR) is 138 cm³/mol. The molecule has 2 amide bonds. The van der Waals surface area contributed by atoms with Crippen molar-refractivity contribution in [3.05, 3.63) is 72.1 Å². The average Bonchev–Trinajstić information content (AvgIpc) is 3.42. The predicted octanol–water partition coefficient (Wildman–Crippen LogP) is 3.46. The SMILES string of the molecule is CCN(CC)c1ccc(/C=C2/N=C(SCC(=O)Nc3c[n+](C)no3)N(c3ccccc3)C2=O)cc1. The van der Waals surface area contributed by atoms with Gasteiger partial charge in [0.05, 0.1) is 11.4 Å². The van der Waals surface area contributed by atoms with Crippen LogP contribution in [0.4, 0.5) is 17.3 Å². The van der Waals surface area contributed by atoms with Crippen LogP contribution in [0.15, 0.2) is 76.0 Å². The molecule has 1 aromatic heterocycles. The number of aromatic nitrogens is 2. The van der Waals surface area contributed by atoms with Gasteiger partial charge < -0.3 is 4.90 Å². The molecule has 0 atom stereocenters. The molecule has 0 saturated heterocycles. The summed E-state index contributed by atoms with van der Waals surface area (Å²) in [5, 5.41) is 6.75. The summed E-state index contributed by atoms with van der Waals surface area (Å²) in [6, 6.07) is 17.3. The van der Waals surface area contributed by atoms with Gasteiger partial charge in [-0.25, -0.2) is 4.99 Å². The highest BCUT2D eigenvalue weighted by molar-refractivity contribution is 8.14. The van der Waals surface area contributed by atoms with Crippen LogP contribution < -0.4 is 19.8 Å². The Morgan fingerprint density at radius 1 is 1.14 bits per heavy atom. The molecule has 0 unspecified atom stereocenters. The minimum absolute atomic E-state index is 0.0473. The summed E-state index contributed by atoms with van der Waals surface area (Å²) in [6.45, 7) is 6.09. The topological polar surface area (TPSA) is 94.9 Å². The first-order chi connectivity index (χ1) is 17.0. The van der Waals surface area contributed by atoms with Crippen LogP contribution in [0.3, 0.4) is 0 Å². The lowest BCUT2D eigenvalue weighted by atomic mass is 10.1. The van der Waals surface area contributed by atoms with Gasteiger partial charge in [0.25, 0.3) is 12.1 Å². The van der Waals surface area contributed by atoms with Crippen LogP contribution in [0.2, 0.25) is 0 Å². The lowest BCUT2D eigenvalue weighted by molar-refractivity contribution is -0.739. The zero-order valence-corrected chi connectivity index (χ0v) is 20.7. The number of anilines is 3. The van der Waals surface area contributed by atoms with Crippen molar-refractivity contribution < 1.29 is 18.8 Å². The van der Waals surface area contributed by atoms with Crippen LogP contribution in [0.5, 0.6) is 0 Å². The molecule has 1 aliphatic rings. The van der Waals surface area contributed by atoms with Gasteiger partial charge in [-0.3, -0.25) is 24.3 Å². The van der Waals surface area contributed by atoms with Gasteiger partial charge in [-0.2, -0.15) is 0 Å². The highest BCUT2D eigenvalue weighted by Gasteiger charge is 2.32. The Bertz CT molecular complexity index is 1250. The molecular formula is C25H27N6O3S+. The summed E-state index contributed by atoms with van der Waals surface area (Å²) in [4.78, 5) is 34.1. The first-order valence-corrected chi connectivity index (χ1v) is 12.3. The monoisotopic (exact) mass is 491 g/mol. The van der Waals surface area contributed by atoms with Crippen molar-refractivity contribution >= 4 is 52.1 Å². The van der Waals surface area contributed by atoms with E-state index in [1.807, 2.05) is 54.6 Å². The van der Waals surface area contributed by atoms with Gasteiger partial charge in [0.15, 0.2) is 17.5 Å². The Kier molecular flexibility index (Phi) is 7.61. The molecule has 10 heteroatoms. The maximum absolute atomic E-state index is 13.3. The van der Waals surface area contributed by atoms with Gasteiger partial charge in [-0.05, 0) is 49.8 Å². The van der Waals surface area contributed by atoms with E-state index in [1.165, 1.54) is 21.3 Å². The molecule has 4 rings (SSSR count). The minimum atomic E-state index is -0.292. The normalized spacial score (nSPS) is 14.4. The summed E-state index contributed by atoms with van der Waals surface area (Å²) in [7, 11) is 1.69. The van der Waals surface area contributed by atoms with Gasteiger partial charge in [0.2, 0.25) is 5.91 Å². The molecule has 2 aromatic carbocycles. The van der Waals surface area contributed by atoms with Crippen LogP contribution in [0, 0.1) is 0 Å². The number of amides is 2. The van der Waals surface area contributed by atoms with E-state index >= 15 is 0 Å². The second-order valence-electron chi connectivity index (χ2n) is 7.74. The number of nitrogens with one attached hydrogen (secondary N) is 1. The van der Waals surface area contributed by atoms with E-state index in [4.69, 9.17) is 4.52 Å². The highest BCUT2D eigenvalue weighted by atomic mass is 32.2. The van der Waals surface area contributed by atoms with E-state index in [9.17, 15) is 9.59 Å². The smallest absolute Gasteiger partial charge is 0.302 e. The van der Waals surface area contributed by atoms with Crippen molar-refractivity contribution in [3.63, 3.8) is 0 Å². The van der Waals surface area contributed by atoms with Crippen LogP contribution in [0.1, 0.15) is 19.4 Å². The summed E-state index contributed by atoms with van der Waals surface area (Å²) in [6.07, 6.45) is 3.33. The molecule has 2 heterocycles. The Labute approximate surface area is 208 Å². The number of amidine groups is 1. The zero-order valence-electron chi connectivity index (χ0n) is 19.8. The number of benzene rings is 2. The molecule has 0 bridgehead atoms. The Balaban J connectivity index is 1.54. The molecule has 0 saturated carbocycles. The molecule has 35 heavy (non-hydrogen) atoms. The van der Waals surface area contributed by atoms with E-state index in [-0.39, 0.29) is 23.5 Å². The minimum Gasteiger partial charge on any atom is -0.372 e. The standard InChI is InChI=1S/C25H26N6O3S/c1-4-30(5-2)19-13-11-18(12-14-19)15-21-24(33)31(20-9-7-6-8-10-20)25(26-21)35-17-22(32)27-23-16-29(3)28-34-23/h6-16H,4-5,17H2,1-3H3/p+1/b21-15+. The fourth-order valence-electron chi connectivity index (χ4n) is 3.61. The Morgan fingerprint density at radius 3 is 2.49 bits per heavy atom. The fraction of sp³-hybridized carbons (Fsp3) is 0.240. The molecule has 0 spiro atoms. The second-order valence-corrected chi connectivity index (χ2v) is 8.68. The van der Waals surface area contributed by atoms with E-state index in [1.54, 1.807) is 19.3 Å². The van der Waals surface area contributed by atoms with Gasteiger partial charge in [0, 0.05) is 18.8 Å². The number of hydrogen-bond donors (Lipinski definition) is 1. The lowest BCUT2D eigenvalue weighted by Gasteiger charge is -2.20. The molecular weight excluding hydrogens is 464 g/mol. The van der Waals surface area contributed by atoms with Crippen molar-refractivity contribution in [2.24, 2.45) is 12.0 Å². The number of carbonyl (C=O) groups excluding carboxylic acids is 2. The van der Waals surface area contributed by atoms with Crippen molar-refractivity contribution in [1.29, 1.82) is 0 Å². The van der Waals surface area contributed by atoms with Crippen LogP contribution in [-0.2, 0) is 16.6 Å². The maximum Gasteiger partial charge on any atom is 0.302 e. The Hall–Kier alpha value is -3.92. The number of aryl methyl sites for hydroxylation is 1. The number of hydrogen-bond acceptors (Lipinski definition) is 7. The van der Waals surface area contributed by atoms with E-state index in [0.717, 1.165) is 24.3 Å². The first kappa shape index (κ1) is 24.2. The molecule has 1 aliphatic heterocycles. The quantitative estimate of drug-likeness (QED) is 0.383. The van der Waals surface area contributed by atoms with Crippen LogP contribution >= 0.6 is 11.8 Å². The summed E-state index contributed by atoms with van der Waals surface area (Å²) < 4.78 is 6.45. The lowest BCUT2D eigenvalue weighted by Crippen LogP contribution is -2.31. The number of thioether (sulfide) groups is 1. The van der Waals surface area contributed by atoms with Crippen LogP contribution in [-0.4, -0.2) is 41.1 Å². The summed E-state index contributed by atoms with van der Waals surface area (Å²) >= 11 is 1.18. The van der Waals surface area contributed by atoms with Crippen LogP contribution in [0.25, 0.3) is 6.08 Å². The molecule has 9 nitrogen and oxygen atoms in total. The molecule has 1 N–H and O–H groups in total. The molecule has 3 aromatic rings. The number of rotatable bonds is 8. The maximum atomic E-state index is 13.3. The van der Waals surface area contributed by atoms with Gasteiger partial charge >= 0.3 is 5.88 Å². The third kappa shape index (κ3) is 5.78. The fourth-order valence-corrected chi connectivity index (χ4v) is 4.42. The third-order valence-corrected chi connectivity index (χ3v) is 6.27. The van der Waals surface area contributed by atoms with Crippen molar-refractivity contribution in [3.8, 4) is 0 Å². The summed E-state index contributed by atoms with van der Waals surface area (Å²) in [5.74, 6) is -0.240. The molecule has 0 fully saturated rings. The largest absolute Gasteiger partial charge is 0.372 e. The number of para-hydroxylation sites is 1. The average molecular weight is 492 g/mol. The van der Waals surface area contributed by atoms with Gasteiger partial charge in [-0.1, -0.05) is 46.8 Å². The molecule has 180 valence electrons. The zero-order chi connectivity index (χ0) is 24.8.